The lowest BCUT2D eigenvalue weighted by molar-refractivity contribution is -0.154. The fourth-order valence-electron chi connectivity index (χ4n) is 2.39. The number of esters is 1. The predicted octanol–water partition coefficient (Wildman–Crippen LogP) is 0.472. The Morgan fingerprint density at radius 3 is 2.54 bits per heavy atom. The normalized spacial score (nSPS) is 15.0. The highest BCUT2D eigenvalue weighted by atomic mass is 19.1. The molecule has 2 amide bonds. The lowest BCUT2D eigenvalue weighted by Crippen LogP contribution is -2.43. The Morgan fingerprint density at radius 1 is 1.21 bits per heavy atom. The van der Waals surface area contributed by atoms with Gasteiger partial charge >= 0.3 is 5.97 Å². The van der Waals surface area contributed by atoms with E-state index in [1.807, 2.05) is 0 Å². The van der Waals surface area contributed by atoms with Crippen molar-refractivity contribution in [1.82, 2.24) is 4.90 Å². The molecule has 2 rings (SSSR count). The number of hydrogen-bond acceptors (Lipinski definition) is 5. The van der Waals surface area contributed by atoms with Crippen LogP contribution in [0.2, 0.25) is 0 Å². The lowest BCUT2D eigenvalue weighted by atomic mass is 9.96. The van der Waals surface area contributed by atoms with E-state index in [1.54, 1.807) is 0 Å². The number of halogens is 1. The van der Waals surface area contributed by atoms with E-state index in [9.17, 15) is 18.8 Å². The van der Waals surface area contributed by atoms with Crippen molar-refractivity contribution in [3.63, 3.8) is 0 Å². The highest BCUT2D eigenvalue weighted by Crippen LogP contribution is 2.16. The number of carbonyl (C=O) groups excluding carboxylic acids is 3. The van der Waals surface area contributed by atoms with Crippen molar-refractivity contribution < 1.29 is 28.2 Å². The summed E-state index contributed by atoms with van der Waals surface area (Å²) in [7, 11) is 0. The number of piperidine rings is 1. The number of primary amides is 1. The quantitative estimate of drug-likeness (QED) is 0.760. The molecule has 0 saturated carbocycles. The van der Waals surface area contributed by atoms with Crippen LogP contribution in [0.5, 0.6) is 5.75 Å². The van der Waals surface area contributed by atoms with Crippen LogP contribution < -0.4 is 10.5 Å². The van der Waals surface area contributed by atoms with Crippen molar-refractivity contribution >= 4 is 17.8 Å². The van der Waals surface area contributed by atoms with Crippen LogP contribution in [0.15, 0.2) is 24.3 Å². The number of likely N-dealkylation sites (tertiary alicyclic amines) is 1. The average Bonchev–Trinajstić information content (AvgIpc) is 2.58. The first kappa shape index (κ1) is 17.7. The van der Waals surface area contributed by atoms with Crippen LogP contribution in [0.25, 0.3) is 0 Å². The van der Waals surface area contributed by atoms with Crippen molar-refractivity contribution in [2.45, 2.75) is 12.8 Å². The number of carbonyl (C=O) groups is 3. The van der Waals surface area contributed by atoms with Crippen LogP contribution in [0.1, 0.15) is 12.8 Å². The summed E-state index contributed by atoms with van der Waals surface area (Å²) in [5, 5.41) is 0. The predicted molar refractivity (Wildman–Crippen MR) is 81.4 cm³/mol. The Kier molecular flexibility index (Phi) is 6.11. The highest BCUT2D eigenvalue weighted by Gasteiger charge is 2.26. The van der Waals surface area contributed by atoms with Crippen molar-refractivity contribution in [2.24, 2.45) is 11.7 Å². The Balaban J connectivity index is 1.68. The summed E-state index contributed by atoms with van der Waals surface area (Å²) in [6.45, 7) is 0.000625. The van der Waals surface area contributed by atoms with Gasteiger partial charge in [-0.05, 0) is 25.0 Å². The molecule has 7 nitrogen and oxygen atoms in total. The van der Waals surface area contributed by atoms with Crippen molar-refractivity contribution in [3.8, 4) is 5.75 Å². The average molecular weight is 338 g/mol. The SMILES string of the molecule is NC(=O)C1CCN(C(=O)COC(=O)COc2cccc(F)c2)CC1. The van der Waals surface area contributed by atoms with Gasteiger partial charge in [0.15, 0.2) is 13.2 Å². The maximum atomic E-state index is 13.0. The van der Waals surface area contributed by atoms with E-state index in [-0.39, 0.29) is 23.5 Å². The van der Waals surface area contributed by atoms with E-state index < -0.39 is 25.0 Å². The van der Waals surface area contributed by atoms with Crippen LogP contribution in [0.4, 0.5) is 4.39 Å². The van der Waals surface area contributed by atoms with Crippen LogP contribution >= 0.6 is 0 Å². The van der Waals surface area contributed by atoms with Crippen LogP contribution in [-0.2, 0) is 19.1 Å². The third-order valence-corrected chi connectivity index (χ3v) is 3.76. The molecule has 0 aromatic heterocycles. The first-order valence-corrected chi connectivity index (χ1v) is 7.57. The van der Waals surface area contributed by atoms with Crippen molar-refractivity contribution in [2.75, 3.05) is 26.3 Å². The molecule has 130 valence electrons. The second kappa shape index (κ2) is 8.28. The number of ether oxygens (including phenoxy) is 2. The van der Waals surface area contributed by atoms with Gasteiger partial charge in [-0.2, -0.15) is 0 Å². The summed E-state index contributed by atoms with van der Waals surface area (Å²) >= 11 is 0. The van der Waals surface area contributed by atoms with Gasteiger partial charge in [-0.1, -0.05) is 6.07 Å². The lowest BCUT2D eigenvalue weighted by Gasteiger charge is -2.30. The molecule has 0 atom stereocenters. The summed E-state index contributed by atoms with van der Waals surface area (Å²) in [5.41, 5.74) is 5.23. The molecule has 2 N–H and O–H groups in total. The first-order valence-electron chi connectivity index (χ1n) is 7.57. The molecular formula is C16H19FN2O5. The smallest absolute Gasteiger partial charge is 0.344 e. The topological polar surface area (TPSA) is 98.9 Å². The fourth-order valence-corrected chi connectivity index (χ4v) is 2.39. The summed E-state index contributed by atoms with van der Waals surface area (Å²) in [6.07, 6.45) is 1.02. The van der Waals surface area contributed by atoms with E-state index in [0.717, 1.165) is 6.07 Å². The first-order chi connectivity index (χ1) is 11.5. The van der Waals surface area contributed by atoms with E-state index in [1.165, 1.54) is 23.1 Å². The van der Waals surface area contributed by atoms with Gasteiger partial charge in [0, 0.05) is 25.1 Å². The second-order valence-electron chi connectivity index (χ2n) is 5.46. The Morgan fingerprint density at radius 2 is 1.92 bits per heavy atom. The van der Waals surface area contributed by atoms with Gasteiger partial charge in [0.1, 0.15) is 11.6 Å². The minimum Gasteiger partial charge on any atom is -0.482 e. The third-order valence-electron chi connectivity index (χ3n) is 3.76. The zero-order chi connectivity index (χ0) is 17.5. The summed E-state index contributed by atoms with van der Waals surface area (Å²) in [4.78, 5) is 36.1. The minimum atomic E-state index is -0.723. The Labute approximate surface area is 138 Å². The molecule has 0 unspecified atom stereocenters. The molecule has 0 spiro atoms. The summed E-state index contributed by atoms with van der Waals surface area (Å²) in [6, 6.07) is 5.35. The molecule has 0 radical (unpaired) electrons. The van der Waals surface area contributed by atoms with Crippen LogP contribution in [-0.4, -0.2) is 49.0 Å². The molecule has 0 bridgehead atoms. The summed E-state index contributed by atoms with van der Waals surface area (Å²) in [5.74, 6) is -1.90. The molecule has 1 fully saturated rings. The molecular weight excluding hydrogens is 319 g/mol. The highest BCUT2D eigenvalue weighted by molar-refractivity contribution is 5.81. The van der Waals surface area contributed by atoms with Crippen molar-refractivity contribution in [1.29, 1.82) is 0 Å². The molecule has 24 heavy (non-hydrogen) atoms. The van der Waals surface area contributed by atoms with Gasteiger partial charge in [0.2, 0.25) is 5.91 Å². The van der Waals surface area contributed by atoms with E-state index in [4.69, 9.17) is 15.2 Å². The number of amides is 2. The zero-order valence-corrected chi connectivity index (χ0v) is 13.1. The number of hydrogen-bond donors (Lipinski definition) is 1. The van der Waals surface area contributed by atoms with Gasteiger partial charge in [-0.15, -0.1) is 0 Å². The molecule has 1 aromatic carbocycles. The second-order valence-corrected chi connectivity index (χ2v) is 5.46. The maximum Gasteiger partial charge on any atom is 0.344 e. The molecule has 1 aromatic rings. The standard InChI is InChI=1S/C16H19FN2O5/c17-12-2-1-3-13(8-12)23-10-15(21)24-9-14(20)19-6-4-11(5-7-19)16(18)22/h1-3,8,11H,4-7,9-10H2,(H2,18,22). The molecule has 1 aliphatic heterocycles. The largest absolute Gasteiger partial charge is 0.482 e. The van der Waals surface area contributed by atoms with Gasteiger partial charge in [0.25, 0.3) is 5.91 Å². The summed E-state index contributed by atoms with van der Waals surface area (Å²) < 4.78 is 22.9. The monoisotopic (exact) mass is 338 g/mol. The minimum absolute atomic E-state index is 0.201. The van der Waals surface area contributed by atoms with Gasteiger partial charge in [-0.3, -0.25) is 9.59 Å². The number of nitrogens with two attached hydrogens (primary N) is 1. The van der Waals surface area contributed by atoms with Gasteiger partial charge < -0.3 is 20.1 Å². The Bertz CT molecular complexity index is 614. The number of rotatable bonds is 6. The number of nitrogens with zero attached hydrogens (tertiary/aromatic N) is 1. The van der Waals surface area contributed by atoms with Crippen LogP contribution in [0.3, 0.4) is 0 Å². The molecule has 1 aliphatic rings. The Hall–Kier alpha value is -2.64. The van der Waals surface area contributed by atoms with Gasteiger partial charge in [0.05, 0.1) is 0 Å². The van der Waals surface area contributed by atoms with Crippen LogP contribution in [0, 0.1) is 11.7 Å². The van der Waals surface area contributed by atoms with E-state index >= 15 is 0 Å². The zero-order valence-electron chi connectivity index (χ0n) is 13.1. The third kappa shape index (κ3) is 5.22. The molecule has 1 saturated heterocycles. The molecule has 0 aliphatic carbocycles. The number of benzene rings is 1. The maximum absolute atomic E-state index is 13.0. The molecule has 8 heteroatoms. The fraction of sp³-hybridized carbons (Fsp3) is 0.438. The van der Waals surface area contributed by atoms with Crippen molar-refractivity contribution in [3.05, 3.63) is 30.1 Å². The van der Waals surface area contributed by atoms with E-state index in [0.29, 0.717) is 25.9 Å². The van der Waals surface area contributed by atoms with Gasteiger partial charge in [-0.25, -0.2) is 9.18 Å². The van der Waals surface area contributed by atoms with E-state index in [2.05, 4.69) is 0 Å². The molecule has 1 heterocycles.